The molecule has 2 aromatic rings. The number of benzene rings is 1. The molecule has 1 amide bonds. The fraction of sp³-hybridized carbons (Fsp3) is 0.100. The van der Waals surface area contributed by atoms with E-state index < -0.39 is 18.3 Å². The zero-order valence-corrected chi connectivity index (χ0v) is 10.4. The number of aliphatic hydroxyl groups excluding tert-OH is 1. The number of carbonyl (C=O) groups excluding carboxylic acids is 1. The van der Waals surface area contributed by atoms with Gasteiger partial charge in [0.15, 0.2) is 5.69 Å². The van der Waals surface area contributed by atoms with E-state index in [1.807, 2.05) is 0 Å². The second-order valence-corrected chi connectivity index (χ2v) is 4.15. The fourth-order valence-electron chi connectivity index (χ4n) is 1.25. The summed E-state index contributed by atoms with van der Waals surface area (Å²) in [6, 6.07) is 4.00. The molecular formula is C10H7BrFN3O3. The van der Waals surface area contributed by atoms with Crippen molar-refractivity contribution in [2.75, 3.05) is 5.32 Å². The molecule has 8 heteroatoms. The molecule has 0 bridgehead atoms. The van der Waals surface area contributed by atoms with Crippen molar-refractivity contribution in [3.05, 3.63) is 39.9 Å². The number of aliphatic hydroxyl groups is 1. The lowest BCUT2D eigenvalue weighted by Gasteiger charge is -2.04. The van der Waals surface area contributed by atoms with Crippen LogP contribution in [0.15, 0.2) is 27.3 Å². The van der Waals surface area contributed by atoms with Gasteiger partial charge in [-0.3, -0.25) is 4.79 Å². The van der Waals surface area contributed by atoms with E-state index in [9.17, 15) is 9.18 Å². The SMILES string of the molecule is O=C(Nc1ccc(F)c(Br)c1)c1nonc1CO. The van der Waals surface area contributed by atoms with Crippen LogP contribution in [0.3, 0.4) is 0 Å². The topological polar surface area (TPSA) is 88.3 Å². The lowest BCUT2D eigenvalue weighted by atomic mass is 10.2. The number of nitrogens with one attached hydrogen (secondary N) is 1. The Hall–Kier alpha value is -1.80. The minimum atomic E-state index is -0.598. The number of rotatable bonds is 3. The van der Waals surface area contributed by atoms with Gasteiger partial charge in [-0.1, -0.05) is 5.16 Å². The Morgan fingerprint density at radius 2 is 2.28 bits per heavy atom. The van der Waals surface area contributed by atoms with Crippen molar-refractivity contribution in [1.29, 1.82) is 0 Å². The molecule has 0 aliphatic carbocycles. The highest BCUT2D eigenvalue weighted by atomic mass is 79.9. The summed E-state index contributed by atoms with van der Waals surface area (Å²) in [4.78, 5) is 11.8. The first-order valence-corrected chi connectivity index (χ1v) is 5.60. The van der Waals surface area contributed by atoms with Crippen LogP contribution >= 0.6 is 15.9 Å². The van der Waals surface area contributed by atoms with Crippen LogP contribution in [0.5, 0.6) is 0 Å². The Labute approximate surface area is 109 Å². The zero-order valence-electron chi connectivity index (χ0n) is 8.85. The molecule has 0 aliphatic heterocycles. The van der Waals surface area contributed by atoms with Crippen LogP contribution in [0.25, 0.3) is 0 Å². The molecule has 0 atom stereocenters. The molecular weight excluding hydrogens is 309 g/mol. The number of halogens is 2. The van der Waals surface area contributed by atoms with E-state index in [1.165, 1.54) is 18.2 Å². The molecule has 1 heterocycles. The molecule has 0 fully saturated rings. The molecule has 0 saturated carbocycles. The molecule has 1 aromatic heterocycles. The van der Waals surface area contributed by atoms with E-state index in [0.29, 0.717) is 5.69 Å². The Kier molecular flexibility index (Phi) is 3.68. The summed E-state index contributed by atoms with van der Waals surface area (Å²) in [5.74, 6) is -1.04. The molecule has 0 radical (unpaired) electrons. The third-order valence-electron chi connectivity index (χ3n) is 2.10. The maximum absolute atomic E-state index is 13.0. The molecule has 2 N–H and O–H groups in total. The number of carbonyl (C=O) groups is 1. The molecule has 1 aromatic carbocycles. The average molecular weight is 316 g/mol. The molecule has 6 nitrogen and oxygen atoms in total. The number of amides is 1. The normalized spacial score (nSPS) is 10.4. The minimum absolute atomic E-state index is 0.0358. The van der Waals surface area contributed by atoms with Crippen LogP contribution in [0, 0.1) is 5.82 Å². The average Bonchev–Trinajstić information content (AvgIpc) is 2.82. The van der Waals surface area contributed by atoms with Gasteiger partial charge >= 0.3 is 0 Å². The minimum Gasteiger partial charge on any atom is -0.390 e. The molecule has 0 spiro atoms. The van der Waals surface area contributed by atoms with Crippen molar-refractivity contribution in [2.45, 2.75) is 6.61 Å². The van der Waals surface area contributed by atoms with Gasteiger partial charge in [-0.25, -0.2) is 9.02 Å². The van der Waals surface area contributed by atoms with Gasteiger partial charge < -0.3 is 10.4 Å². The first-order valence-electron chi connectivity index (χ1n) is 4.80. The van der Waals surface area contributed by atoms with Crippen LogP contribution in [-0.4, -0.2) is 21.3 Å². The molecule has 0 aliphatic rings. The van der Waals surface area contributed by atoms with E-state index in [4.69, 9.17) is 5.11 Å². The van der Waals surface area contributed by atoms with Gasteiger partial charge in [0.25, 0.3) is 5.91 Å². The van der Waals surface area contributed by atoms with Crippen LogP contribution in [0.4, 0.5) is 10.1 Å². The third-order valence-corrected chi connectivity index (χ3v) is 2.71. The van der Waals surface area contributed by atoms with Crippen LogP contribution in [-0.2, 0) is 6.61 Å². The predicted octanol–water partition coefficient (Wildman–Crippen LogP) is 1.72. The number of aromatic nitrogens is 2. The molecule has 0 saturated heterocycles. The maximum atomic E-state index is 13.0. The summed E-state index contributed by atoms with van der Waals surface area (Å²) < 4.78 is 17.6. The molecule has 94 valence electrons. The van der Waals surface area contributed by atoms with Crippen molar-refractivity contribution in [3.8, 4) is 0 Å². The lowest BCUT2D eigenvalue weighted by molar-refractivity contribution is 0.101. The summed E-state index contributed by atoms with van der Waals surface area (Å²) in [6.45, 7) is -0.459. The highest BCUT2D eigenvalue weighted by Crippen LogP contribution is 2.20. The number of anilines is 1. The van der Waals surface area contributed by atoms with Crippen molar-refractivity contribution in [2.24, 2.45) is 0 Å². The van der Waals surface area contributed by atoms with Crippen LogP contribution in [0.1, 0.15) is 16.2 Å². The van der Waals surface area contributed by atoms with E-state index in [1.54, 1.807) is 0 Å². The van der Waals surface area contributed by atoms with Gasteiger partial charge in [-0.2, -0.15) is 0 Å². The zero-order chi connectivity index (χ0) is 13.1. The van der Waals surface area contributed by atoms with Crippen molar-refractivity contribution in [1.82, 2.24) is 10.3 Å². The summed E-state index contributed by atoms with van der Waals surface area (Å²) in [7, 11) is 0. The second-order valence-electron chi connectivity index (χ2n) is 3.30. The molecule has 18 heavy (non-hydrogen) atoms. The van der Waals surface area contributed by atoms with Gasteiger partial charge in [0.05, 0.1) is 11.1 Å². The Morgan fingerprint density at radius 3 is 2.94 bits per heavy atom. The van der Waals surface area contributed by atoms with Crippen molar-refractivity contribution >= 4 is 27.5 Å². The first kappa shape index (κ1) is 12.7. The Balaban J connectivity index is 2.19. The van der Waals surface area contributed by atoms with Gasteiger partial charge in [-0.15, -0.1) is 0 Å². The summed E-state index contributed by atoms with van der Waals surface area (Å²) in [5.41, 5.74) is 0.298. The van der Waals surface area contributed by atoms with E-state index in [0.717, 1.165) is 0 Å². The lowest BCUT2D eigenvalue weighted by Crippen LogP contribution is -2.14. The Bertz CT molecular complexity index is 587. The van der Waals surface area contributed by atoms with Gasteiger partial charge in [0.2, 0.25) is 0 Å². The van der Waals surface area contributed by atoms with Gasteiger partial charge in [-0.05, 0) is 39.3 Å². The second kappa shape index (κ2) is 5.23. The number of hydrogen-bond acceptors (Lipinski definition) is 5. The van der Waals surface area contributed by atoms with Gasteiger partial charge in [0.1, 0.15) is 11.5 Å². The molecule has 2 rings (SSSR count). The van der Waals surface area contributed by atoms with Crippen LogP contribution in [0.2, 0.25) is 0 Å². The summed E-state index contributed by atoms with van der Waals surface area (Å²) in [6.07, 6.45) is 0. The van der Waals surface area contributed by atoms with Gasteiger partial charge in [0, 0.05) is 5.69 Å². The fourth-order valence-corrected chi connectivity index (χ4v) is 1.63. The monoisotopic (exact) mass is 315 g/mol. The van der Waals surface area contributed by atoms with Crippen molar-refractivity contribution < 1.29 is 18.9 Å². The Morgan fingerprint density at radius 1 is 1.50 bits per heavy atom. The van der Waals surface area contributed by atoms with E-state index in [2.05, 4.69) is 36.2 Å². The highest BCUT2D eigenvalue weighted by Gasteiger charge is 2.17. The third kappa shape index (κ3) is 2.54. The predicted molar refractivity (Wildman–Crippen MR) is 62.3 cm³/mol. The first-order chi connectivity index (χ1) is 8.61. The van der Waals surface area contributed by atoms with Crippen LogP contribution < -0.4 is 5.32 Å². The van der Waals surface area contributed by atoms with E-state index >= 15 is 0 Å². The number of nitrogens with zero attached hydrogens (tertiary/aromatic N) is 2. The standard InChI is InChI=1S/C10H7BrFN3O3/c11-6-3-5(1-2-7(6)12)13-10(17)9-8(4-16)14-18-15-9/h1-3,16H,4H2,(H,13,17). The van der Waals surface area contributed by atoms with Crippen molar-refractivity contribution in [3.63, 3.8) is 0 Å². The van der Waals surface area contributed by atoms with E-state index in [-0.39, 0.29) is 15.9 Å². The summed E-state index contributed by atoms with van der Waals surface area (Å²) >= 11 is 3.00. The highest BCUT2D eigenvalue weighted by molar-refractivity contribution is 9.10. The number of hydrogen-bond donors (Lipinski definition) is 2. The summed E-state index contributed by atoms with van der Waals surface area (Å²) in [5, 5.41) is 18.1. The smallest absolute Gasteiger partial charge is 0.279 e. The molecule has 0 unspecified atom stereocenters. The largest absolute Gasteiger partial charge is 0.390 e. The quantitative estimate of drug-likeness (QED) is 0.900. The maximum Gasteiger partial charge on any atom is 0.279 e.